The van der Waals surface area contributed by atoms with Crippen LogP contribution in [0.3, 0.4) is 0 Å². The van der Waals surface area contributed by atoms with E-state index in [0.29, 0.717) is 10.0 Å². The third kappa shape index (κ3) is 4.12. The number of hydrazine groups is 2. The average Bonchev–Trinajstić information content (AvgIpc) is 2.22. The maximum absolute atomic E-state index is 10.9. The van der Waals surface area contributed by atoms with Crippen LogP contribution in [-0.2, 0) is 4.79 Å². The Balaban J connectivity index is 4.96. The highest BCUT2D eigenvalue weighted by molar-refractivity contribution is 5.75. The maximum atomic E-state index is 10.9. The first-order chi connectivity index (χ1) is 7.68. The standard InChI is InChI=1S/C7H16N6O4/c1-3(12(10)6(8)16)4(2-5(14)15)13(11)7(9)17/h3-4H,2,10-11H2,1H3,(H2,8,16)(H2,9,17)(H,14,15)/t3?,4-/m1/s1. The number of carbonyl (C=O) groups excluding carboxylic acids is 2. The molecule has 0 aliphatic rings. The van der Waals surface area contributed by atoms with Gasteiger partial charge in [0.15, 0.2) is 0 Å². The number of carboxylic acids is 1. The third-order valence-electron chi connectivity index (χ3n) is 2.25. The van der Waals surface area contributed by atoms with Crippen molar-refractivity contribution in [3.05, 3.63) is 0 Å². The van der Waals surface area contributed by atoms with Gasteiger partial charge in [-0.2, -0.15) is 0 Å². The monoisotopic (exact) mass is 248 g/mol. The van der Waals surface area contributed by atoms with Crippen molar-refractivity contribution < 1.29 is 19.5 Å². The van der Waals surface area contributed by atoms with Crippen LogP contribution in [0, 0.1) is 0 Å². The predicted octanol–water partition coefficient (Wildman–Crippen LogP) is -2.27. The molecule has 0 aromatic rings. The van der Waals surface area contributed by atoms with Gasteiger partial charge in [-0.1, -0.05) is 0 Å². The molecule has 0 spiro atoms. The molecular formula is C7H16N6O4. The fourth-order valence-corrected chi connectivity index (χ4v) is 1.23. The third-order valence-corrected chi connectivity index (χ3v) is 2.25. The summed E-state index contributed by atoms with van der Waals surface area (Å²) >= 11 is 0. The van der Waals surface area contributed by atoms with Crippen molar-refractivity contribution in [2.24, 2.45) is 23.2 Å². The number of hydrogen-bond acceptors (Lipinski definition) is 5. The van der Waals surface area contributed by atoms with Gasteiger partial charge in [0.25, 0.3) is 0 Å². The first kappa shape index (κ1) is 14.9. The second-order valence-corrected chi connectivity index (χ2v) is 3.40. The molecule has 0 rings (SSSR count). The van der Waals surface area contributed by atoms with E-state index in [1.54, 1.807) is 0 Å². The van der Waals surface area contributed by atoms with E-state index in [1.807, 2.05) is 0 Å². The van der Waals surface area contributed by atoms with Gasteiger partial charge in [0.1, 0.15) is 0 Å². The van der Waals surface area contributed by atoms with E-state index in [9.17, 15) is 14.4 Å². The van der Waals surface area contributed by atoms with Crippen molar-refractivity contribution in [3.8, 4) is 0 Å². The van der Waals surface area contributed by atoms with Crippen molar-refractivity contribution in [1.82, 2.24) is 10.0 Å². The summed E-state index contributed by atoms with van der Waals surface area (Å²) in [5, 5.41) is 9.76. The number of primary amides is 2. The van der Waals surface area contributed by atoms with Crippen LogP contribution in [0.1, 0.15) is 13.3 Å². The molecule has 0 saturated carbocycles. The molecule has 17 heavy (non-hydrogen) atoms. The fourth-order valence-electron chi connectivity index (χ4n) is 1.23. The first-order valence-electron chi connectivity index (χ1n) is 4.57. The number of aliphatic carboxylic acids is 1. The Morgan fingerprint density at radius 1 is 1.12 bits per heavy atom. The van der Waals surface area contributed by atoms with Crippen LogP contribution in [-0.4, -0.2) is 45.2 Å². The van der Waals surface area contributed by atoms with E-state index >= 15 is 0 Å². The highest BCUT2D eigenvalue weighted by Gasteiger charge is 2.31. The van der Waals surface area contributed by atoms with Gasteiger partial charge in [0.05, 0.1) is 18.5 Å². The number of nitrogens with two attached hydrogens (primary N) is 4. The molecule has 0 aliphatic carbocycles. The van der Waals surface area contributed by atoms with Crippen molar-refractivity contribution in [2.45, 2.75) is 25.4 Å². The molecule has 0 aromatic heterocycles. The minimum atomic E-state index is -1.23. The van der Waals surface area contributed by atoms with E-state index in [4.69, 9.17) is 28.3 Å². The van der Waals surface area contributed by atoms with E-state index in [1.165, 1.54) is 6.92 Å². The zero-order valence-corrected chi connectivity index (χ0v) is 9.24. The molecule has 0 saturated heterocycles. The molecule has 1 unspecified atom stereocenters. The SMILES string of the molecule is CC([C@@H](CC(=O)O)N(N)C(N)=O)N(N)C(N)=O. The highest BCUT2D eigenvalue weighted by atomic mass is 16.4. The van der Waals surface area contributed by atoms with Gasteiger partial charge >= 0.3 is 18.0 Å². The van der Waals surface area contributed by atoms with Gasteiger partial charge in [-0.05, 0) is 6.92 Å². The summed E-state index contributed by atoms with van der Waals surface area (Å²) in [7, 11) is 0. The van der Waals surface area contributed by atoms with Gasteiger partial charge in [0, 0.05) is 0 Å². The first-order valence-corrected chi connectivity index (χ1v) is 4.57. The van der Waals surface area contributed by atoms with Gasteiger partial charge in [0.2, 0.25) is 0 Å². The average molecular weight is 248 g/mol. The molecule has 0 fully saturated rings. The van der Waals surface area contributed by atoms with Crippen LogP contribution < -0.4 is 23.2 Å². The minimum Gasteiger partial charge on any atom is -0.481 e. The molecular weight excluding hydrogens is 232 g/mol. The summed E-state index contributed by atoms with van der Waals surface area (Å²) in [4.78, 5) is 32.3. The topological polar surface area (TPSA) is 182 Å². The second-order valence-electron chi connectivity index (χ2n) is 3.40. The van der Waals surface area contributed by atoms with Crippen LogP contribution in [0.5, 0.6) is 0 Å². The summed E-state index contributed by atoms with van der Waals surface area (Å²) in [6.07, 6.45) is -0.526. The number of carboxylic acid groups (broad SMARTS) is 1. The Hall–Kier alpha value is -2.07. The lowest BCUT2D eigenvalue weighted by Gasteiger charge is -2.33. The molecule has 0 aliphatic heterocycles. The number of nitrogens with zero attached hydrogens (tertiary/aromatic N) is 2. The smallest absolute Gasteiger partial charge is 0.329 e. The molecule has 0 bridgehead atoms. The normalized spacial score (nSPS) is 13.6. The zero-order valence-electron chi connectivity index (χ0n) is 9.24. The number of rotatable bonds is 5. The molecule has 9 N–H and O–H groups in total. The van der Waals surface area contributed by atoms with Crippen LogP contribution >= 0.6 is 0 Å². The summed E-state index contributed by atoms with van der Waals surface area (Å²) < 4.78 is 0. The van der Waals surface area contributed by atoms with Gasteiger partial charge in [-0.25, -0.2) is 21.3 Å². The zero-order chi connectivity index (χ0) is 13.7. The second kappa shape index (κ2) is 5.86. The molecule has 98 valence electrons. The van der Waals surface area contributed by atoms with E-state index in [0.717, 1.165) is 0 Å². The Bertz CT molecular complexity index is 321. The lowest BCUT2D eigenvalue weighted by Crippen LogP contribution is -2.61. The van der Waals surface area contributed by atoms with E-state index in [-0.39, 0.29) is 0 Å². The van der Waals surface area contributed by atoms with Crippen LogP contribution in [0.2, 0.25) is 0 Å². The predicted molar refractivity (Wildman–Crippen MR) is 56.7 cm³/mol. The van der Waals surface area contributed by atoms with Crippen molar-refractivity contribution in [1.29, 1.82) is 0 Å². The van der Waals surface area contributed by atoms with Crippen molar-refractivity contribution >= 4 is 18.0 Å². The Morgan fingerprint density at radius 3 is 1.82 bits per heavy atom. The molecule has 10 nitrogen and oxygen atoms in total. The van der Waals surface area contributed by atoms with Crippen LogP contribution in [0.15, 0.2) is 0 Å². The Labute approximate surface area is 97.0 Å². The maximum Gasteiger partial charge on any atom is 0.329 e. The van der Waals surface area contributed by atoms with Crippen molar-refractivity contribution in [2.75, 3.05) is 0 Å². The quantitative estimate of drug-likeness (QED) is 0.207. The highest BCUT2D eigenvalue weighted by Crippen LogP contribution is 2.10. The summed E-state index contributed by atoms with van der Waals surface area (Å²) in [6.45, 7) is 1.39. The lowest BCUT2D eigenvalue weighted by molar-refractivity contribution is -0.138. The number of urea groups is 2. The van der Waals surface area contributed by atoms with Crippen LogP contribution in [0.25, 0.3) is 0 Å². The van der Waals surface area contributed by atoms with E-state index < -0.39 is 36.5 Å². The molecule has 10 heteroatoms. The minimum absolute atomic E-state index is 0.502. The number of hydrogen-bond donors (Lipinski definition) is 5. The molecule has 0 heterocycles. The molecule has 2 atom stereocenters. The summed E-state index contributed by atoms with van der Waals surface area (Å²) in [6, 6.07) is -4.00. The van der Waals surface area contributed by atoms with Gasteiger partial charge < -0.3 is 16.6 Å². The molecule has 0 aromatic carbocycles. The molecule has 0 radical (unpaired) electrons. The largest absolute Gasteiger partial charge is 0.481 e. The van der Waals surface area contributed by atoms with Gasteiger partial charge in [-0.15, -0.1) is 0 Å². The van der Waals surface area contributed by atoms with Crippen molar-refractivity contribution in [3.63, 3.8) is 0 Å². The lowest BCUT2D eigenvalue weighted by atomic mass is 10.1. The molecule has 4 amide bonds. The Kier molecular flexibility index (Phi) is 5.15. The van der Waals surface area contributed by atoms with E-state index in [2.05, 4.69) is 0 Å². The number of amides is 4. The van der Waals surface area contributed by atoms with Crippen LogP contribution in [0.4, 0.5) is 9.59 Å². The number of carbonyl (C=O) groups is 3. The Morgan fingerprint density at radius 2 is 1.53 bits per heavy atom. The summed E-state index contributed by atoms with van der Waals surface area (Å²) in [5.74, 6) is 9.39. The van der Waals surface area contributed by atoms with Gasteiger partial charge in [-0.3, -0.25) is 14.8 Å². The summed E-state index contributed by atoms with van der Waals surface area (Å²) in [5.41, 5.74) is 9.84. The fraction of sp³-hybridized carbons (Fsp3) is 0.571.